The highest BCUT2D eigenvalue weighted by Crippen LogP contribution is 2.35. The Morgan fingerprint density at radius 1 is 1.50 bits per heavy atom. The maximum atomic E-state index is 11.0. The second-order valence-electron chi connectivity index (χ2n) is 4.29. The van der Waals surface area contributed by atoms with Crippen LogP contribution in [0.4, 0.5) is 5.82 Å². The van der Waals surface area contributed by atoms with Crippen LogP contribution in [0.15, 0.2) is 6.20 Å². The van der Waals surface area contributed by atoms with Crippen molar-refractivity contribution in [1.82, 2.24) is 9.97 Å². The van der Waals surface area contributed by atoms with Crippen LogP contribution in [0.1, 0.15) is 41.4 Å². The van der Waals surface area contributed by atoms with Gasteiger partial charge < -0.3 is 10.0 Å². The molecule has 1 N–H and O–H groups in total. The first-order valence-corrected chi connectivity index (χ1v) is 5.37. The number of carboxylic acids is 1. The lowest BCUT2D eigenvalue weighted by Crippen LogP contribution is -2.20. The molecule has 1 heterocycles. The smallest absolute Gasteiger partial charge is 0.341 e. The topological polar surface area (TPSA) is 66.3 Å². The number of hydrogen-bond acceptors (Lipinski definition) is 4. The van der Waals surface area contributed by atoms with E-state index in [1.807, 2.05) is 0 Å². The Bertz CT molecular complexity index is 414. The monoisotopic (exact) mass is 221 g/mol. The minimum Gasteiger partial charge on any atom is -0.477 e. The molecule has 5 nitrogen and oxygen atoms in total. The van der Waals surface area contributed by atoms with E-state index in [-0.39, 0.29) is 5.56 Å². The van der Waals surface area contributed by atoms with Crippen molar-refractivity contribution in [2.24, 2.45) is 0 Å². The number of anilines is 1. The van der Waals surface area contributed by atoms with Crippen molar-refractivity contribution < 1.29 is 9.90 Å². The molecular formula is C11H15N3O2. The number of rotatable bonds is 3. The summed E-state index contributed by atoms with van der Waals surface area (Å²) >= 11 is 0. The molecule has 0 saturated heterocycles. The van der Waals surface area contributed by atoms with E-state index >= 15 is 0 Å². The maximum absolute atomic E-state index is 11.0. The average Bonchev–Trinajstić information content (AvgIpc) is 2.14. The van der Waals surface area contributed by atoms with Crippen molar-refractivity contribution in [3.63, 3.8) is 0 Å². The summed E-state index contributed by atoms with van der Waals surface area (Å²) in [6.45, 7) is 0. The van der Waals surface area contributed by atoms with Gasteiger partial charge in [0.25, 0.3) is 0 Å². The third-order valence-electron chi connectivity index (χ3n) is 2.91. The molecule has 0 aromatic carbocycles. The van der Waals surface area contributed by atoms with Gasteiger partial charge in [-0.3, -0.25) is 0 Å². The normalized spacial score (nSPS) is 15.6. The van der Waals surface area contributed by atoms with E-state index in [1.54, 1.807) is 19.0 Å². The summed E-state index contributed by atoms with van der Waals surface area (Å²) < 4.78 is 0. The molecule has 16 heavy (non-hydrogen) atoms. The molecule has 1 aromatic heterocycles. The molecule has 0 spiro atoms. The second-order valence-corrected chi connectivity index (χ2v) is 4.29. The van der Waals surface area contributed by atoms with Gasteiger partial charge in [-0.15, -0.1) is 0 Å². The van der Waals surface area contributed by atoms with Gasteiger partial charge in [0.2, 0.25) is 0 Å². The Hall–Kier alpha value is -1.65. The van der Waals surface area contributed by atoms with Gasteiger partial charge in [-0.25, -0.2) is 14.8 Å². The molecule has 1 aromatic rings. The van der Waals surface area contributed by atoms with Gasteiger partial charge in [0, 0.05) is 26.2 Å². The Kier molecular flexibility index (Phi) is 2.77. The molecule has 1 aliphatic rings. The standard InChI is InChI=1S/C11H15N3O2/c1-14(2)10-8(11(15)16)6-12-9(13-10)7-4-3-5-7/h6-7H,3-5H2,1-2H3,(H,15,16). The number of nitrogens with zero attached hydrogens (tertiary/aromatic N) is 3. The first kappa shape index (κ1) is 10.9. The fraction of sp³-hybridized carbons (Fsp3) is 0.545. The Balaban J connectivity index is 2.38. The summed E-state index contributed by atoms with van der Waals surface area (Å²) in [5.74, 6) is 0.703. The van der Waals surface area contributed by atoms with Gasteiger partial charge in [0.05, 0.1) is 0 Å². The van der Waals surface area contributed by atoms with Crippen molar-refractivity contribution in [3.05, 3.63) is 17.6 Å². The molecule has 5 heteroatoms. The summed E-state index contributed by atoms with van der Waals surface area (Å²) in [6.07, 6.45) is 4.85. The van der Waals surface area contributed by atoms with Crippen LogP contribution in [-0.2, 0) is 0 Å². The lowest BCUT2D eigenvalue weighted by Gasteiger charge is -2.25. The van der Waals surface area contributed by atoms with E-state index in [4.69, 9.17) is 5.11 Å². The molecule has 1 aliphatic carbocycles. The third-order valence-corrected chi connectivity index (χ3v) is 2.91. The lowest BCUT2D eigenvalue weighted by molar-refractivity contribution is 0.0696. The Labute approximate surface area is 94.1 Å². The summed E-state index contributed by atoms with van der Waals surface area (Å²) in [6, 6.07) is 0. The summed E-state index contributed by atoms with van der Waals surface area (Å²) in [4.78, 5) is 21.2. The Morgan fingerprint density at radius 3 is 2.62 bits per heavy atom. The second kappa shape index (κ2) is 4.08. The molecule has 0 radical (unpaired) electrons. The number of carbonyl (C=O) groups is 1. The van der Waals surface area contributed by atoms with Gasteiger partial charge in [-0.1, -0.05) is 6.42 Å². The summed E-state index contributed by atoms with van der Waals surface area (Å²) in [5.41, 5.74) is 0.160. The highest BCUT2D eigenvalue weighted by atomic mass is 16.4. The number of aromatic nitrogens is 2. The molecule has 0 atom stereocenters. The molecule has 2 rings (SSSR count). The molecule has 0 aliphatic heterocycles. The van der Waals surface area contributed by atoms with Crippen LogP contribution < -0.4 is 4.90 Å². The van der Waals surface area contributed by atoms with E-state index in [2.05, 4.69) is 9.97 Å². The van der Waals surface area contributed by atoms with Crippen LogP contribution in [0.25, 0.3) is 0 Å². The quantitative estimate of drug-likeness (QED) is 0.838. The molecule has 0 unspecified atom stereocenters. The van der Waals surface area contributed by atoms with Gasteiger partial charge in [0.1, 0.15) is 17.2 Å². The third kappa shape index (κ3) is 1.85. The van der Waals surface area contributed by atoms with E-state index < -0.39 is 5.97 Å². The molecular weight excluding hydrogens is 206 g/mol. The van der Waals surface area contributed by atoms with E-state index in [0.29, 0.717) is 11.7 Å². The predicted molar refractivity (Wildman–Crippen MR) is 59.9 cm³/mol. The molecule has 0 bridgehead atoms. The lowest BCUT2D eigenvalue weighted by atomic mass is 9.85. The van der Waals surface area contributed by atoms with Crippen molar-refractivity contribution in [2.75, 3.05) is 19.0 Å². The molecule has 0 amide bonds. The fourth-order valence-electron chi connectivity index (χ4n) is 1.74. The van der Waals surface area contributed by atoms with E-state index in [9.17, 15) is 4.79 Å². The fourth-order valence-corrected chi connectivity index (χ4v) is 1.74. The highest BCUT2D eigenvalue weighted by Gasteiger charge is 2.24. The van der Waals surface area contributed by atoms with Gasteiger partial charge in [-0.2, -0.15) is 0 Å². The first-order chi connectivity index (χ1) is 7.59. The van der Waals surface area contributed by atoms with Gasteiger partial charge in [0.15, 0.2) is 0 Å². The SMILES string of the molecule is CN(C)c1nc(C2CCC2)ncc1C(=O)O. The molecule has 1 saturated carbocycles. The average molecular weight is 221 g/mol. The zero-order valence-electron chi connectivity index (χ0n) is 9.47. The van der Waals surface area contributed by atoms with Crippen molar-refractivity contribution in [3.8, 4) is 0 Å². The number of aromatic carboxylic acids is 1. The molecule has 86 valence electrons. The Morgan fingerprint density at radius 2 is 2.19 bits per heavy atom. The number of carboxylic acid groups (broad SMARTS) is 1. The predicted octanol–water partition coefficient (Wildman–Crippen LogP) is 1.51. The maximum Gasteiger partial charge on any atom is 0.341 e. The minimum atomic E-state index is -0.983. The van der Waals surface area contributed by atoms with Gasteiger partial charge in [-0.05, 0) is 12.8 Å². The van der Waals surface area contributed by atoms with Crippen LogP contribution >= 0.6 is 0 Å². The minimum absolute atomic E-state index is 0.160. The number of hydrogen-bond donors (Lipinski definition) is 1. The van der Waals surface area contributed by atoms with E-state index in [0.717, 1.165) is 18.7 Å². The van der Waals surface area contributed by atoms with Crippen LogP contribution in [0.3, 0.4) is 0 Å². The highest BCUT2D eigenvalue weighted by molar-refractivity contribution is 5.92. The van der Waals surface area contributed by atoms with Crippen LogP contribution in [0.2, 0.25) is 0 Å². The van der Waals surface area contributed by atoms with Crippen LogP contribution in [-0.4, -0.2) is 35.1 Å². The van der Waals surface area contributed by atoms with Crippen molar-refractivity contribution in [2.45, 2.75) is 25.2 Å². The van der Waals surface area contributed by atoms with Crippen molar-refractivity contribution in [1.29, 1.82) is 0 Å². The largest absolute Gasteiger partial charge is 0.477 e. The van der Waals surface area contributed by atoms with Gasteiger partial charge >= 0.3 is 5.97 Å². The van der Waals surface area contributed by atoms with Crippen molar-refractivity contribution >= 4 is 11.8 Å². The summed E-state index contributed by atoms with van der Waals surface area (Å²) in [7, 11) is 3.58. The molecule has 1 fully saturated rings. The summed E-state index contributed by atoms with van der Waals surface area (Å²) in [5, 5.41) is 9.01. The van der Waals surface area contributed by atoms with E-state index in [1.165, 1.54) is 12.6 Å². The zero-order chi connectivity index (χ0) is 11.7. The van der Waals surface area contributed by atoms with Crippen LogP contribution in [0, 0.1) is 0 Å². The first-order valence-electron chi connectivity index (χ1n) is 5.37. The zero-order valence-corrected chi connectivity index (χ0v) is 9.47. The van der Waals surface area contributed by atoms with Crippen LogP contribution in [0.5, 0.6) is 0 Å².